The van der Waals surface area contributed by atoms with E-state index in [0.29, 0.717) is 11.1 Å². The van der Waals surface area contributed by atoms with Crippen LogP contribution in [0.2, 0.25) is 0 Å². The van der Waals surface area contributed by atoms with Crippen molar-refractivity contribution in [1.82, 2.24) is 0 Å². The molecule has 1 aliphatic carbocycles. The normalized spacial score (nSPS) is 18.4. The predicted octanol–water partition coefficient (Wildman–Crippen LogP) is 8.56. The predicted molar refractivity (Wildman–Crippen MR) is 167 cm³/mol. The molecule has 0 N–H and O–H groups in total. The molecule has 1 saturated heterocycles. The molecule has 43 heavy (non-hydrogen) atoms. The fourth-order valence-electron chi connectivity index (χ4n) is 6.14. The van der Waals surface area contributed by atoms with Crippen LogP contribution in [0.4, 0.5) is 14.5 Å². The smallest absolute Gasteiger partial charge is 0.278 e. The lowest BCUT2D eigenvalue weighted by Gasteiger charge is -2.36. The van der Waals surface area contributed by atoms with Crippen molar-refractivity contribution in [2.75, 3.05) is 32.2 Å². The fourth-order valence-corrected chi connectivity index (χ4v) is 6.14. The van der Waals surface area contributed by atoms with Crippen molar-refractivity contribution in [3.8, 4) is 5.75 Å². The third kappa shape index (κ3) is 6.22. The number of hydrogen-bond donors (Lipinski definition) is 0. The maximum absolute atomic E-state index is 16.2. The SMILES string of the molecule is [2H]c1c([2H])c([2H])c(C2=C(c3ccc(N4CCC(C(OC)OC)CC4)cc3)c3ccc(OCc4ccccc4)cc3C(F)(F)C2)c([2H])c1[2H]. The highest BCUT2D eigenvalue weighted by Gasteiger charge is 2.41. The molecular formula is C37H37F2NO3. The first-order valence-electron chi connectivity index (χ1n) is 16.9. The molecule has 0 atom stereocenters. The Kier molecular flexibility index (Phi) is 6.93. The van der Waals surface area contributed by atoms with Crippen LogP contribution in [0.5, 0.6) is 5.75 Å². The second-order valence-electron chi connectivity index (χ2n) is 10.9. The van der Waals surface area contributed by atoms with E-state index in [2.05, 4.69) is 4.90 Å². The number of rotatable bonds is 9. The highest BCUT2D eigenvalue weighted by atomic mass is 19.3. The first-order chi connectivity index (χ1) is 23.0. The number of allylic oxidation sites excluding steroid dienone is 1. The number of piperidine rings is 1. The number of nitrogens with zero attached hydrogens (tertiary/aromatic N) is 1. The quantitative estimate of drug-likeness (QED) is 0.184. The van der Waals surface area contributed by atoms with Crippen LogP contribution in [0.15, 0.2) is 103 Å². The standard InChI is InChI=1S/C37H37F2NO3/c1-41-36(42-2)29-19-21-40(22-20-29)30-15-13-28(14-16-30)35-32-18-17-31(43-25-26-9-5-3-6-10-26)23-34(32)37(38,39)24-33(35)27-11-7-4-8-12-27/h3-18,23,29,36H,19-22,24-25H2,1-2H3/i4D,7D,8D,11D,12D. The van der Waals surface area contributed by atoms with Gasteiger partial charge in [-0.2, -0.15) is 0 Å². The van der Waals surface area contributed by atoms with E-state index in [1.165, 1.54) is 6.07 Å². The molecule has 0 radical (unpaired) electrons. The highest BCUT2D eigenvalue weighted by molar-refractivity contribution is 6.01. The van der Waals surface area contributed by atoms with Crippen molar-refractivity contribution in [2.24, 2.45) is 5.92 Å². The van der Waals surface area contributed by atoms with Gasteiger partial charge >= 0.3 is 0 Å². The van der Waals surface area contributed by atoms with Crippen molar-refractivity contribution in [3.63, 3.8) is 0 Å². The van der Waals surface area contributed by atoms with Gasteiger partial charge in [-0.05, 0) is 70.5 Å². The number of fused-ring (bicyclic) bond motifs is 1. The van der Waals surface area contributed by atoms with Crippen LogP contribution in [0.1, 0.15) is 53.9 Å². The van der Waals surface area contributed by atoms with Gasteiger partial charge in [-0.3, -0.25) is 0 Å². The van der Waals surface area contributed by atoms with Crippen LogP contribution in [-0.4, -0.2) is 33.6 Å². The molecular weight excluding hydrogens is 544 g/mol. The van der Waals surface area contributed by atoms with Crippen LogP contribution in [0.3, 0.4) is 0 Å². The average molecular weight is 587 g/mol. The summed E-state index contributed by atoms with van der Waals surface area (Å²) in [7, 11) is 3.29. The third-order valence-corrected chi connectivity index (χ3v) is 8.32. The Morgan fingerprint density at radius 1 is 0.884 bits per heavy atom. The maximum Gasteiger partial charge on any atom is 0.278 e. The van der Waals surface area contributed by atoms with Gasteiger partial charge in [0.1, 0.15) is 12.4 Å². The Morgan fingerprint density at radius 3 is 2.26 bits per heavy atom. The molecule has 0 unspecified atom stereocenters. The topological polar surface area (TPSA) is 30.9 Å². The summed E-state index contributed by atoms with van der Waals surface area (Å²) >= 11 is 0. The molecule has 1 heterocycles. The minimum absolute atomic E-state index is 0.00110. The Bertz CT molecular complexity index is 1790. The van der Waals surface area contributed by atoms with Crippen molar-refractivity contribution in [3.05, 3.63) is 131 Å². The molecule has 6 heteroatoms. The maximum atomic E-state index is 16.2. The zero-order valence-corrected chi connectivity index (χ0v) is 24.3. The van der Waals surface area contributed by atoms with E-state index in [0.717, 1.165) is 37.2 Å². The van der Waals surface area contributed by atoms with Crippen LogP contribution in [-0.2, 0) is 22.0 Å². The number of methoxy groups -OCH3 is 2. The molecule has 2 aliphatic rings. The van der Waals surface area contributed by atoms with E-state index >= 15 is 8.78 Å². The fraction of sp³-hybridized carbons (Fsp3) is 0.297. The van der Waals surface area contributed by atoms with Gasteiger partial charge in [0.2, 0.25) is 0 Å². The largest absolute Gasteiger partial charge is 0.489 e. The summed E-state index contributed by atoms with van der Waals surface area (Å²) in [6.07, 6.45) is 0.669. The number of benzene rings is 4. The monoisotopic (exact) mass is 586 g/mol. The second kappa shape index (κ2) is 12.7. The van der Waals surface area contributed by atoms with Gasteiger partial charge in [0.15, 0.2) is 6.29 Å². The summed E-state index contributed by atoms with van der Waals surface area (Å²) in [5.74, 6) is -2.84. The van der Waals surface area contributed by atoms with Crippen LogP contribution in [0.25, 0.3) is 11.1 Å². The average Bonchev–Trinajstić information content (AvgIpc) is 3.10. The minimum Gasteiger partial charge on any atom is -0.489 e. The van der Waals surface area contributed by atoms with E-state index < -0.39 is 42.6 Å². The zero-order valence-electron chi connectivity index (χ0n) is 29.3. The highest BCUT2D eigenvalue weighted by Crippen LogP contribution is 2.51. The molecule has 0 bridgehead atoms. The second-order valence-corrected chi connectivity index (χ2v) is 10.9. The molecule has 1 aliphatic heterocycles. The molecule has 4 nitrogen and oxygen atoms in total. The van der Waals surface area contributed by atoms with Gasteiger partial charge in [-0.1, -0.05) is 78.7 Å². The van der Waals surface area contributed by atoms with Crippen molar-refractivity contribution < 1.29 is 29.8 Å². The van der Waals surface area contributed by atoms with Crippen LogP contribution >= 0.6 is 0 Å². The van der Waals surface area contributed by atoms with Crippen molar-refractivity contribution >= 4 is 16.8 Å². The minimum atomic E-state index is -3.41. The van der Waals surface area contributed by atoms with Crippen molar-refractivity contribution in [1.29, 1.82) is 0 Å². The summed E-state index contributed by atoms with van der Waals surface area (Å²) in [5.41, 5.74) is 2.63. The Labute approximate surface area is 259 Å². The molecule has 4 aromatic carbocycles. The van der Waals surface area contributed by atoms with Crippen molar-refractivity contribution in [2.45, 2.75) is 38.1 Å². The number of ether oxygens (including phenoxy) is 3. The molecule has 0 aromatic heterocycles. The molecule has 6 rings (SSSR count). The Hall–Kier alpha value is -4.00. The summed E-state index contributed by atoms with van der Waals surface area (Å²) in [4.78, 5) is 2.26. The van der Waals surface area contributed by atoms with E-state index in [1.54, 1.807) is 26.4 Å². The molecule has 0 spiro atoms. The van der Waals surface area contributed by atoms with Crippen LogP contribution < -0.4 is 9.64 Å². The number of halogens is 2. The molecule has 0 amide bonds. The van der Waals surface area contributed by atoms with Gasteiger partial charge < -0.3 is 19.1 Å². The summed E-state index contributed by atoms with van der Waals surface area (Å²) in [6.45, 7) is 1.80. The van der Waals surface area contributed by atoms with Gasteiger partial charge in [0.05, 0.1) is 6.85 Å². The molecule has 222 valence electrons. The first-order valence-corrected chi connectivity index (χ1v) is 14.4. The lowest BCUT2D eigenvalue weighted by atomic mass is 9.78. The number of alkyl halides is 2. The lowest BCUT2D eigenvalue weighted by molar-refractivity contribution is -0.141. The van der Waals surface area contributed by atoms with E-state index in [-0.39, 0.29) is 46.8 Å². The molecule has 1 fully saturated rings. The molecule has 0 saturated carbocycles. The Balaban J connectivity index is 1.43. The van der Waals surface area contributed by atoms with E-state index in [1.807, 2.05) is 54.6 Å². The van der Waals surface area contributed by atoms with E-state index in [4.69, 9.17) is 21.1 Å². The van der Waals surface area contributed by atoms with Gasteiger partial charge in [0, 0.05) is 50.9 Å². The van der Waals surface area contributed by atoms with Gasteiger partial charge in [-0.15, -0.1) is 0 Å². The molecule has 4 aromatic rings. The lowest BCUT2D eigenvalue weighted by Crippen LogP contribution is -2.39. The first kappa shape index (κ1) is 23.5. The van der Waals surface area contributed by atoms with Gasteiger partial charge in [0.25, 0.3) is 5.92 Å². The third-order valence-electron chi connectivity index (χ3n) is 8.32. The Morgan fingerprint density at radius 2 is 1.58 bits per heavy atom. The van der Waals surface area contributed by atoms with Crippen LogP contribution in [0, 0.1) is 5.92 Å². The zero-order chi connectivity index (χ0) is 34.2. The number of anilines is 1. The van der Waals surface area contributed by atoms with E-state index in [9.17, 15) is 0 Å². The summed E-state index contributed by atoms with van der Waals surface area (Å²) in [5, 5.41) is 0. The number of hydrogen-bond acceptors (Lipinski definition) is 4. The summed E-state index contributed by atoms with van der Waals surface area (Å²) in [6, 6.07) is 18.8. The van der Waals surface area contributed by atoms with Gasteiger partial charge in [-0.25, -0.2) is 8.78 Å². The summed E-state index contributed by atoms with van der Waals surface area (Å²) < 4.78 is 91.1.